The summed E-state index contributed by atoms with van der Waals surface area (Å²) >= 11 is 0. The van der Waals surface area contributed by atoms with Crippen LogP contribution < -0.4 is 10.2 Å². The summed E-state index contributed by atoms with van der Waals surface area (Å²) in [7, 11) is 0. The van der Waals surface area contributed by atoms with Crippen LogP contribution in [0.1, 0.15) is 33.1 Å². The lowest BCUT2D eigenvalue weighted by molar-refractivity contribution is -0.121. The fourth-order valence-corrected chi connectivity index (χ4v) is 3.72. The first-order valence-electron chi connectivity index (χ1n) is 9.13. The Labute approximate surface area is 145 Å². The third kappa shape index (κ3) is 4.71. The molecule has 24 heavy (non-hydrogen) atoms. The molecule has 1 amide bonds. The van der Waals surface area contributed by atoms with Crippen molar-refractivity contribution in [3.8, 4) is 0 Å². The van der Waals surface area contributed by atoms with Crippen molar-refractivity contribution in [2.75, 3.05) is 42.9 Å². The number of rotatable bonds is 4. The largest absolute Gasteiger partial charge is 0.373 e. The van der Waals surface area contributed by atoms with Gasteiger partial charge >= 0.3 is 0 Å². The maximum Gasteiger partial charge on any atom is 0.238 e. The number of morpholine rings is 1. The number of hydrogen-bond acceptors (Lipinski definition) is 4. The highest BCUT2D eigenvalue weighted by atomic mass is 16.5. The highest BCUT2D eigenvalue weighted by molar-refractivity contribution is 5.92. The molecular formula is C19H29N3O2. The Bertz CT molecular complexity index is 530. The van der Waals surface area contributed by atoms with Gasteiger partial charge in [-0.3, -0.25) is 9.69 Å². The molecule has 3 rings (SSSR count). The molecule has 5 nitrogen and oxygen atoms in total. The monoisotopic (exact) mass is 331 g/mol. The van der Waals surface area contributed by atoms with Gasteiger partial charge in [0.05, 0.1) is 18.8 Å². The first-order chi connectivity index (χ1) is 11.6. The molecule has 1 aromatic carbocycles. The number of ether oxygens (including phenoxy) is 1. The van der Waals surface area contributed by atoms with Crippen molar-refractivity contribution in [3.63, 3.8) is 0 Å². The molecule has 5 heteroatoms. The number of carbonyl (C=O) groups excluding carboxylic acids is 1. The molecule has 0 saturated carbocycles. The van der Waals surface area contributed by atoms with Crippen LogP contribution >= 0.6 is 0 Å². The number of nitrogens with one attached hydrogen (secondary N) is 1. The zero-order valence-corrected chi connectivity index (χ0v) is 14.8. The number of nitrogens with zero attached hydrogens (tertiary/aromatic N) is 2. The predicted octanol–water partition coefficient (Wildman–Crippen LogP) is 2.72. The Morgan fingerprint density at radius 1 is 1.08 bits per heavy atom. The number of hydrogen-bond donors (Lipinski definition) is 1. The minimum atomic E-state index is 0.0435. The standard InChI is InChI=1S/C19H29N3O2/c1-15-12-21(13-16(2)24-15)14-19(23)20-17-6-8-18(9-7-17)22-10-4-3-5-11-22/h6-9,15-16H,3-5,10-14H2,1-2H3,(H,20,23)/t15-,16-/m0/s1. The summed E-state index contributed by atoms with van der Waals surface area (Å²) in [6, 6.07) is 8.23. The molecular weight excluding hydrogens is 302 g/mol. The second kappa shape index (κ2) is 7.99. The molecule has 0 bridgehead atoms. The van der Waals surface area contributed by atoms with Crippen LogP contribution in [0.5, 0.6) is 0 Å². The molecule has 2 fully saturated rings. The average Bonchev–Trinajstić information content (AvgIpc) is 2.55. The highest BCUT2D eigenvalue weighted by Gasteiger charge is 2.23. The Hall–Kier alpha value is -1.59. The Morgan fingerprint density at radius 3 is 2.33 bits per heavy atom. The molecule has 0 aromatic heterocycles. The summed E-state index contributed by atoms with van der Waals surface area (Å²) in [5.41, 5.74) is 2.12. The molecule has 132 valence electrons. The molecule has 0 unspecified atom stereocenters. The molecule has 1 aromatic rings. The van der Waals surface area contributed by atoms with E-state index in [1.165, 1.54) is 24.9 Å². The Kier molecular flexibility index (Phi) is 5.74. The van der Waals surface area contributed by atoms with Gasteiger partial charge in [-0.2, -0.15) is 0 Å². The summed E-state index contributed by atoms with van der Waals surface area (Å²) in [5.74, 6) is 0.0435. The molecule has 2 aliphatic heterocycles. The van der Waals surface area contributed by atoms with Crippen molar-refractivity contribution in [3.05, 3.63) is 24.3 Å². The van der Waals surface area contributed by atoms with Gasteiger partial charge in [-0.05, 0) is 57.4 Å². The first kappa shape index (κ1) is 17.2. The Balaban J connectivity index is 1.50. The third-order valence-electron chi connectivity index (χ3n) is 4.73. The van der Waals surface area contributed by atoms with Gasteiger partial charge in [0.15, 0.2) is 0 Å². The summed E-state index contributed by atoms with van der Waals surface area (Å²) in [6.45, 7) is 8.43. The van der Waals surface area contributed by atoms with E-state index in [0.717, 1.165) is 31.9 Å². The van der Waals surface area contributed by atoms with Gasteiger partial charge < -0.3 is 15.0 Å². The van der Waals surface area contributed by atoms with Crippen LogP contribution in [0.15, 0.2) is 24.3 Å². The van der Waals surface area contributed by atoms with E-state index in [0.29, 0.717) is 6.54 Å². The van der Waals surface area contributed by atoms with E-state index in [-0.39, 0.29) is 18.1 Å². The van der Waals surface area contributed by atoms with Crippen molar-refractivity contribution in [1.29, 1.82) is 0 Å². The van der Waals surface area contributed by atoms with E-state index < -0.39 is 0 Å². The molecule has 2 saturated heterocycles. The van der Waals surface area contributed by atoms with Crippen LogP contribution in [-0.4, -0.2) is 55.7 Å². The summed E-state index contributed by atoms with van der Waals surface area (Å²) in [6.07, 6.45) is 4.25. The molecule has 1 N–H and O–H groups in total. The van der Waals surface area contributed by atoms with Crippen LogP contribution in [0.3, 0.4) is 0 Å². The van der Waals surface area contributed by atoms with Crippen molar-refractivity contribution >= 4 is 17.3 Å². The number of piperidine rings is 1. The number of benzene rings is 1. The van der Waals surface area contributed by atoms with Crippen molar-refractivity contribution in [1.82, 2.24) is 4.90 Å². The SMILES string of the molecule is C[C@H]1CN(CC(=O)Nc2ccc(N3CCCCC3)cc2)C[C@H](C)O1. The zero-order chi connectivity index (χ0) is 16.9. The highest BCUT2D eigenvalue weighted by Crippen LogP contribution is 2.21. The zero-order valence-electron chi connectivity index (χ0n) is 14.8. The summed E-state index contributed by atoms with van der Waals surface area (Å²) < 4.78 is 5.71. The number of anilines is 2. The normalized spacial score (nSPS) is 25.5. The van der Waals surface area contributed by atoms with E-state index >= 15 is 0 Å². The molecule has 0 radical (unpaired) electrons. The van der Waals surface area contributed by atoms with E-state index in [1.807, 2.05) is 12.1 Å². The van der Waals surface area contributed by atoms with Gasteiger partial charge in [-0.1, -0.05) is 0 Å². The van der Waals surface area contributed by atoms with Gasteiger partial charge in [-0.15, -0.1) is 0 Å². The van der Waals surface area contributed by atoms with Crippen LogP contribution in [0.2, 0.25) is 0 Å². The summed E-state index contributed by atoms with van der Waals surface area (Å²) in [4.78, 5) is 16.9. The average molecular weight is 331 g/mol. The molecule has 0 spiro atoms. The van der Waals surface area contributed by atoms with Gasteiger partial charge in [-0.25, -0.2) is 0 Å². The summed E-state index contributed by atoms with van der Waals surface area (Å²) in [5, 5.41) is 3.01. The second-order valence-corrected chi connectivity index (χ2v) is 7.09. The number of carbonyl (C=O) groups is 1. The van der Waals surface area contributed by atoms with Crippen LogP contribution in [0.4, 0.5) is 11.4 Å². The lowest BCUT2D eigenvalue weighted by Gasteiger charge is -2.34. The van der Waals surface area contributed by atoms with Gasteiger partial charge in [0.1, 0.15) is 0 Å². The Morgan fingerprint density at radius 2 is 1.71 bits per heavy atom. The maximum absolute atomic E-state index is 12.3. The topological polar surface area (TPSA) is 44.8 Å². The van der Waals surface area contributed by atoms with Gasteiger partial charge in [0.2, 0.25) is 5.91 Å². The third-order valence-corrected chi connectivity index (χ3v) is 4.73. The lowest BCUT2D eigenvalue weighted by Crippen LogP contribution is -2.48. The van der Waals surface area contributed by atoms with E-state index in [4.69, 9.17) is 4.74 Å². The van der Waals surface area contributed by atoms with E-state index in [2.05, 4.69) is 41.1 Å². The second-order valence-electron chi connectivity index (χ2n) is 7.09. The van der Waals surface area contributed by atoms with Crippen LogP contribution in [0.25, 0.3) is 0 Å². The minimum absolute atomic E-state index is 0.0435. The molecule has 2 heterocycles. The van der Waals surface area contributed by atoms with Crippen LogP contribution in [0, 0.1) is 0 Å². The van der Waals surface area contributed by atoms with Crippen LogP contribution in [-0.2, 0) is 9.53 Å². The smallest absolute Gasteiger partial charge is 0.238 e. The lowest BCUT2D eigenvalue weighted by atomic mass is 10.1. The molecule has 2 atom stereocenters. The van der Waals surface area contributed by atoms with Crippen molar-refractivity contribution in [2.45, 2.75) is 45.3 Å². The quantitative estimate of drug-likeness (QED) is 0.921. The number of amides is 1. The van der Waals surface area contributed by atoms with Gasteiger partial charge in [0, 0.05) is 37.6 Å². The molecule has 2 aliphatic rings. The van der Waals surface area contributed by atoms with E-state index in [1.54, 1.807) is 0 Å². The van der Waals surface area contributed by atoms with E-state index in [9.17, 15) is 4.79 Å². The van der Waals surface area contributed by atoms with Crippen molar-refractivity contribution < 1.29 is 9.53 Å². The first-order valence-corrected chi connectivity index (χ1v) is 9.13. The fraction of sp³-hybridized carbons (Fsp3) is 0.632. The fourth-order valence-electron chi connectivity index (χ4n) is 3.72. The maximum atomic E-state index is 12.3. The van der Waals surface area contributed by atoms with Gasteiger partial charge in [0.25, 0.3) is 0 Å². The van der Waals surface area contributed by atoms with Crippen molar-refractivity contribution in [2.24, 2.45) is 0 Å². The predicted molar refractivity (Wildman–Crippen MR) is 97.6 cm³/mol. The molecule has 0 aliphatic carbocycles. The minimum Gasteiger partial charge on any atom is -0.373 e.